The van der Waals surface area contributed by atoms with Crippen LogP contribution in [0.3, 0.4) is 0 Å². The number of nitrogens with one attached hydrogen (secondary N) is 1. The van der Waals surface area contributed by atoms with E-state index in [1.54, 1.807) is 6.07 Å². The summed E-state index contributed by atoms with van der Waals surface area (Å²) >= 11 is 0. The molecule has 0 radical (unpaired) electrons. The van der Waals surface area contributed by atoms with Gasteiger partial charge in [0.15, 0.2) is 5.82 Å². The first-order valence-corrected chi connectivity index (χ1v) is 15.2. The van der Waals surface area contributed by atoms with Gasteiger partial charge in [-0.1, -0.05) is 18.1 Å². The van der Waals surface area contributed by atoms with Crippen molar-refractivity contribution in [2.75, 3.05) is 37.7 Å². The maximum Gasteiger partial charge on any atom is 0.319 e. The number of aromatic nitrogens is 2. The maximum absolute atomic E-state index is 16.8. The summed E-state index contributed by atoms with van der Waals surface area (Å²) in [5, 5.41) is 15.7. The highest BCUT2D eigenvalue weighted by Gasteiger charge is 2.45. The highest BCUT2D eigenvalue weighted by molar-refractivity contribution is 6.04. The third-order valence-corrected chi connectivity index (χ3v) is 10.0. The van der Waals surface area contributed by atoms with Crippen LogP contribution in [-0.4, -0.2) is 70.4 Å². The van der Waals surface area contributed by atoms with Gasteiger partial charge in [-0.15, -0.1) is 6.42 Å². The lowest BCUT2D eigenvalue weighted by molar-refractivity contribution is 0.108. The Kier molecular flexibility index (Phi) is 6.21. The molecule has 4 aliphatic heterocycles. The molecule has 3 aromatic carbocycles. The van der Waals surface area contributed by atoms with Gasteiger partial charge in [0.1, 0.15) is 29.5 Å². The number of benzene rings is 3. The summed E-state index contributed by atoms with van der Waals surface area (Å²) in [7, 11) is 0. The molecule has 7 nitrogen and oxygen atoms in total. The smallest absolute Gasteiger partial charge is 0.319 e. The van der Waals surface area contributed by atoms with Gasteiger partial charge >= 0.3 is 6.01 Å². The van der Waals surface area contributed by atoms with Crippen molar-refractivity contribution >= 4 is 27.5 Å². The van der Waals surface area contributed by atoms with Gasteiger partial charge in [-0.3, -0.25) is 4.90 Å². The zero-order valence-electron chi connectivity index (χ0n) is 23.9. The lowest BCUT2D eigenvalue weighted by atomic mass is 9.93. The summed E-state index contributed by atoms with van der Waals surface area (Å²) in [6, 6.07) is 10.1. The fourth-order valence-corrected chi connectivity index (χ4v) is 8.05. The highest BCUT2D eigenvalue weighted by atomic mass is 19.1. The van der Waals surface area contributed by atoms with Crippen LogP contribution in [0.5, 0.6) is 11.8 Å². The maximum atomic E-state index is 16.8. The van der Waals surface area contributed by atoms with Gasteiger partial charge in [0.05, 0.1) is 11.1 Å². The Morgan fingerprint density at radius 3 is 2.53 bits per heavy atom. The van der Waals surface area contributed by atoms with Crippen molar-refractivity contribution in [3.05, 3.63) is 53.6 Å². The van der Waals surface area contributed by atoms with E-state index in [4.69, 9.17) is 16.1 Å². The zero-order valence-corrected chi connectivity index (χ0v) is 23.9. The summed E-state index contributed by atoms with van der Waals surface area (Å²) in [4.78, 5) is 14.3. The minimum atomic E-state index is -0.593. The number of ether oxygens (including phenoxy) is 1. The van der Waals surface area contributed by atoms with Crippen LogP contribution in [0.2, 0.25) is 0 Å². The lowest BCUT2D eigenvalue weighted by Gasteiger charge is -2.34. The van der Waals surface area contributed by atoms with Gasteiger partial charge in [0.25, 0.3) is 0 Å². The average molecular weight is 582 g/mol. The molecule has 8 rings (SSSR count). The Morgan fingerprint density at radius 1 is 1.02 bits per heavy atom. The van der Waals surface area contributed by atoms with Crippen LogP contribution in [0.15, 0.2) is 36.4 Å². The van der Waals surface area contributed by atoms with E-state index in [2.05, 4.69) is 26.0 Å². The van der Waals surface area contributed by atoms with E-state index in [1.165, 1.54) is 24.3 Å². The molecule has 4 saturated heterocycles. The second-order valence-corrected chi connectivity index (χ2v) is 12.6. The average Bonchev–Trinajstić information content (AvgIpc) is 3.69. The van der Waals surface area contributed by atoms with E-state index in [9.17, 15) is 9.50 Å². The van der Waals surface area contributed by atoms with Crippen molar-refractivity contribution in [3.8, 4) is 35.2 Å². The Hall–Kier alpha value is -4.00. The van der Waals surface area contributed by atoms with Crippen molar-refractivity contribution in [2.45, 2.75) is 56.1 Å². The number of hydrogen-bond acceptors (Lipinski definition) is 7. The first kappa shape index (κ1) is 26.6. The van der Waals surface area contributed by atoms with Crippen LogP contribution < -0.4 is 15.0 Å². The molecule has 4 aromatic rings. The normalized spacial score (nSPS) is 22.8. The molecular formula is C34H33F2N5O2. The molecule has 0 amide bonds. The summed E-state index contributed by atoms with van der Waals surface area (Å²) in [6.07, 6.45) is 12.3. The monoisotopic (exact) mass is 581 g/mol. The second kappa shape index (κ2) is 10.0. The minimum absolute atomic E-state index is 0.0107. The van der Waals surface area contributed by atoms with Gasteiger partial charge in [-0.05, 0) is 86.8 Å². The van der Waals surface area contributed by atoms with E-state index in [0.29, 0.717) is 46.2 Å². The molecule has 0 saturated carbocycles. The van der Waals surface area contributed by atoms with Crippen LogP contribution in [0, 0.1) is 24.0 Å². The number of aromatic hydroxyl groups is 1. The van der Waals surface area contributed by atoms with Crippen molar-refractivity contribution in [3.63, 3.8) is 0 Å². The molecule has 5 heterocycles. The number of phenolic OH excluding ortho intramolecular Hbond substituents is 1. The van der Waals surface area contributed by atoms with E-state index in [0.717, 1.165) is 64.7 Å². The summed E-state index contributed by atoms with van der Waals surface area (Å²) < 4.78 is 37.9. The summed E-state index contributed by atoms with van der Waals surface area (Å²) in [5.41, 5.74) is 0.612. The quantitative estimate of drug-likeness (QED) is 0.308. The van der Waals surface area contributed by atoms with Crippen molar-refractivity contribution in [2.24, 2.45) is 0 Å². The molecule has 4 aliphatic rings. The van der Waals surface area contributed by atoms with E-state index < -0.39 is 11.6 Å². The van der Waals surface area contributed by atoms with Crippen molar-refractivity contribution in [1.82, 2.24) is 20.2 Å². The molecule has 2 N–H and O–H groups in total. The largest absolute Gasteiger partial charge is 0.508 e. The SMILES string of the molecule is C#Cc1c(F)ccc2cc(O)cc(-c3ccc4c(N5C[C@H]6CC[C@@H](C5)N6)nc(OCC56CCCN5CCC6)nc4c3F)c12. The number of terminal acetylenes is 1. The fraction of sp³-hybridized carbons (Fsp3) is 0.412. The van der Waals surface area contributed by atoms with Gasteiger partial charge in [0.2, 0.25) is 0 Å². The molecule has 2 bridgehead atoms. The first-order chi connectivity index (χ1) is 20.9. The predicted octanol–water partition coefficient (Wildman–Crippen LogP) is 5.36. The number of phenols is 1. The minimum Gasteiger partial charge on any atom is -0.508 e. The molecule has 43 heavy (non-hydrogen) atoms. The van der Waals surface area contributed by atoms with E-state index in [-0.39, 0.29) is 33.9 Å². The molecule has 1 aromatic heterocycles. The highest BCUT2D eigenvalue weighted by Crippen LogP contribution is 2.42. The Bertz CT molecular complexity index is 1800. The third-order valence-electron chi connectivity index (χ3n) is 10.0. The predicted molar refractivity (Wildman–Crippen MR) is 162 cm³/mol. The van der Waals surface area contributed by atoms with E-state index in [1.807, 2.05) is 6.07 Å². The second-order valence-electron chi connectivity index (χ2n) is 12.6. The Morgan fingerprint density at radius 2 is 1.79 bits per heavy atom. The van der Waals surface area contributed by atoms with Gasteiger partial charge < -0.3 is 20.1 Å². The number of halogens is 2. The van der Waals surface area contributed by atoms with Crippen LogP contribution in [-0.2, 0) is 0 Å². The number of hydrogen-bond donors (Lipinski definition) is 2. The molecule has 0 aliphatic carbocycles. The molecule has 4 fully saturated rings. The molecular weight excluding hydrogens is 548 g/mol. The lowest BCUT2D eigenvalue weighted by Crippen LogP contribution is -2.51. The van der Waals surface area contributed by atoms with Gasteiger partial charge in [-0.2, -0.15) is 9.97 Å². The number of piperazine rings is 1. The van der Waals surface area contributed by atoms with Crippen molar-refractivity contribution in [1.29, 1.82) is 0 Å². The number of fused-ring (bicyclic) bond motifs is 5. The molecule has 0 unspecified atom stereocenters. The molecule has 220 valence electrons. The van der Waals surface area contributed by atoms with Crippen LogP contribution in [0.25, 0.3) is 32.8 Å². The Balaban J connectivity index is 1.28. The van der Waals surface area contributed by atoms with E-state index >= 15 is 4.39 Å². The fourth-order valence-electron chi connectivity index (χ4n) is 8.05. The van der Waals surface area contributed by atoms with Crippen LogP contribution >= 0.6 is 0 Å². The molecule has 2 atom stereocenters. The van der Waals surface area contributed by atoms with Crippen LogP contribution in [0.1, 0.15) is 44.1 Å². The first-order valence-electron chi connectivity index (χ1n) is 15.2. The third kappa shape index (κ3) is 4.30. The number of anilines is 1. The summed E-state index contributed by atoms with van der Waals surface area (Å²) in [6.45, 7) is 4.16. The van der Waals surface area contributed by atoms with Crippen LogP contribution in [0.4, 0.5) is 14.6 Å². The number of nitrogens with zero attached hydrogens (tertiary/aromatic N) is 4. The van der Waals surface area contributed by atoms with Crippen molar-refractivity contribution < 1.29 is 18.6 Å². The number of rotatable bonds is 5. The topological polar surface area (TPSA) is 73.8 Å². The van der Waals surface area contributed by atoms with Gasteiger partial charge in [0, 0.05) is 41.5 Å². The standard InChI is InChI=1S/C34H33F2N5O2/c1-2-24-28(35)10-5-20-15-23(42)16-27(29(20)24)25-8-9-26-31(30(25)36)38-33(43-19-34-11-3-13-41(34)14-4-12-34)39-32(26)40-17-21-6-7-22(18-40)37-21/h1,5,8-10,15-16,21-22,37,42H,3-4,6-7,11-14,17-19H2/t21-,22+. The summed E-state index contributed by atoms with van der Waals surface area (Å²) in [5.74, 6) is 1.83. The zero-order chi connectivity index (χ0) is 29.3. The Labute approximate surface area is 248 Å². The van der Waals surface area contributed by atoms with Gasteiger partial charge in [-0.25, -0.2) is 8.78 Å². The molecule has 0 spiro atoms. The molecule has 9 heteroatoms.